The first-order valence-electron chi connectivity index (χ1n) is 11.2. The Kier molecular flexibility index (Phi) is 8.69. The summed E-state index contributed by atoms with van der Waals surface area (Å²) in [7, 11) is 0. The average molecular weight is 425 g/mol. The number of aliphatic hydroxyl groups is 2. The molecule has 0 aromatic carbocycles. The SMILES string of the molecule is C/C(=C\C=C\[C@@H](C)C[C@@]1(C)O[C@@H]1[C@H](C)[C@@H](O)[C@@H](C)O)[C@H]1O[C@@H](CC(=O)O)CC[C@@H]1C. The molecule has 0 saturated carbocycles. The standard InChI is InChI=1S/C24H40O6/c1-14(13-24(6)23(30-24)17(4)21(28)18(5)25)8-7-9-15(2)22-16(3)10-11-19(29-22)12-20(26)27/h7-9,14,16-19,21-23,25,28H,10-13H2,1-6H3,(H,26,27)/b8-7+,15-9+/t14-,16+,17-,18-,19-,21-,22-,23-,24-/m1/s1. The van der Waals surface area contributed by atoms with Crippen molar-refractivity contribution in [2.75, 3.05) is 0 Å². The summed E-state index contributed by atoms with van der Waals surface area (Å²) in [6.45, 7) is 11.9. The lowest BCUT2D eigenvalue weighted by molar-refractivity contribution is -0.143. The van der Waals surface area contributed by atoms with Gasteiger partial charge in [-0.15, -0.1) is 0 Å². The van der Waals surface area contributed by atoms with Crippen LogP contribution in [0.2, 0.25) is 0 Å². The molecule has 2 saturated heterocycles. The number of hydrogen-bond donors (Lipinski definition) is 3. The molecule has 2 aliphatic heterocycles. The zero-order valence-electron chi connectivity index (χ0n) is 19.2. The predicted molar refractivity (Wildman–Crippen MR) is 116 cm³/mol. The number of allylic oxidation sites excluding steroid dienone is 3. The van der Waals surface area contributed by atoms with E-state index in [-0.39, 0.29) is 36.3 Å². The summed E-state index contributed by atoms with van der Waals surface area (Å²) in [6, 6.07) is 0. The first-order chi connectivity index (χ1) is 13.9. The number of carboxylic acid groups (broad SMARTS) is 1. The second-order valence-corrected chi connectivity index (χ2v) is 9.75. The van der Waals surface area contributed by atoms with Gasteiger partial charge in [-0.2, -0.15) is 0 Å². The van der Waals surface area contributed by atoms with E-state index >= 15 is 0 Å². The van der Waals surface area contributed by atoms with Crippen LogP contribution in [-0.2, 0) is 14.3 Å². The van der Waals surface area contributed by atoms with Gasteiger partial charge in [-0.1, -0.05) is 39.0 Å². The molecule has 0 unspecified atom stereocenters. The molecule has 0 spiro atoms. The number of epoxide rings is 1. The van der Waals surface area contributed by atoms with Gasteiger partial charge in [-0.05, 0) is 57.4 Å². The van der Waals surface area contributed by atoms with Crippen LogP contribution in [0.3, 0.4) is 0 Å². The van der Waals surface area contributed by atoms with E-state index in [1.807, 2.05) is 19.9 Å². The predicted octanol–water partition coefficient (Wildman–Crippen LogP) is 3.71. The minimum atomic E-state index is -0.812. The minimum Gasteiger partial charge on any atom is -0.481 e. The maximum Gasteiger partial charge on any atom is 0.305 e. The Balaban J connectivity index is 1.88. The van der Waals surface area contributed by atoms with Crippen molar-refractivity contribution in [3.8, 4) is 0 Å². The maximum atomic E-state index is 11.0. The van der Waals surface area contributed by atoms with E-state index in [2.05, 4.69) is 32.9 Å². The zero-order valence-corrected chi connectivity index (χ0v) is 19.2. The molecule has 2 rings (SSSR count). The van der Waals surface area contributed by atoms with E-state index in [0.717, 1.165) is 24.8 Å². The monoisotopic (exact) mass is 424 g/mol. The topological polar surface area (TPSA) is 99.5 Å². The molecule has 9 atom stereocenters. The van der Waals surface area contributed by atoms with E-state index in [9.17, 15) is 15.0 Å². The van der Waals surface area contributed by atoms with E-state index in [1.54, 1.807) is 6.92 Å². The second-order valence-electron chi connectivity index (χ2n) is 9.75. The molecule has 3 N–H and O–H groups in total. The van der Waals surface area contributed by atoms with Gasteiger partial charge in [0, 0.05) is 5.92 Å². The molecule has 2 aliphatic rings. The number of carboxylic acids is 1. The van der Waals surface area contributed by atoms with E-state index < -0.39 is 18.2 Å². The maximum absolute atomic E-state index is 11.0. The number of aliphatic hydroxyl groups excluding tert-OH is 2. The van der Waals surface area contributed by atoms with Crippen LogP contribution in [0.5, 0.6) is 0 Å². The summed E-state index contributed by atoms with van der Waals surface area (Å²) in [6.07, 6.45) is 7.09. The zero-order chi connectivity index (χ0) is 22.6. The third kappa shape index (κ3) is 6.64. The fourth-order valence-corrected chi connectivity index (χ4v) is 4.81. The van der Waals surface area contributed by atoms with Crippen LogP contribution in [-0.4, -0.2) is 57.4 Å². The molecule has 2 heterocycles. The Morgan fingerprint density at radius 1 is 1.23 bits per heavy atom. The summed E-state index contributed by atoms with van der Waals surface area (Å²) in [5.74, 6) is -0.257. The Bertz CT molecular complexity index is 642. The smallest absolute Gasteiger partial charge is 0.305 e. The molecule has 0 radical (unpaired) electrons. The summed E-state index contributed by atoms with van der Waals surface area (Å²) in [5, 5.41) is 28.7. The van der Waals surface area contributed by atoms with Crippen LogP contribution in [0.25, 0.3) is 0 Å². The van der Waals surface area contributed by atoms with Gasteiger partial charge >= 0.3 is 5.97 Å². The van der Waals surface area contributed by atoms with Crippen LogP contribution in [0, 0.1) is 17.8 Å². The molecule has 0 amide bonds. The largest absolute Gasteiger partial charge is 0.481 e. The highest BCUT2D eigenvalue weighted by Gasteiger charge is 2.56. The van der Waals surface area contributed by atoms with Crippen LogP contribution in [0.4, 0.5) is 0 Å². The molecular formula is C24H40O6. The first kappa shape index (κ1) is 25.1. The molecule has 0 aliphatic carbocycles. The molecule has 0 bridgehead atoms. The Morgan fingerprint density at radius 3 is 2.50 bits per heavy atom. The molecule has 6 nitrogen and oxygen atoms in total. The van der Waals surface area contributed by atoms with Gasteiger partial charge in [0.15, 0.2) is 0 Å². The molecule has 30 heavy (non-hydrogen) atoms. The van der Waals surface area contributed by atoms with Crippen molar-refractivity contribution < 1.29 is 29.6 Å². The highest BCUT2D eigenvalue weighted by Crippen LogP contribution is 2.47. The molecule has 0 aromatic heterocycles. The van der Waals surface area contributed by atoms with E-state index in [1.165, 1.54) is 0 Å². The van der Waals surface area contributed by atoms with Crippen molar-refractivity contribution in [2.24, 2.45) is 17.8 Å². The van der Waals surface area contributed by atoms with Gasteiger partial charge in [-0.3, -0.25) is 4.79 Å². The summed E-state index contributed by atoms with van der Waals surface area (Å²) in [5.41, 5.74) is 0.838. The first-order valence-corrected chi connectivity index (χ1v) is 11.2. The van der Waals surface area contributed by atoms with Gasteiger partial charge in [0.05, 0.1) is 42.5 Å². The van der Waals surface area contributed by atoms with Gasteiger partial charge < -0.3 is 24.8 Å². The number of hydrogen-bond acceptors (Lipinski definition) is 5. The van der Waals surface area contributed by atoms with Crippen molar-refractivity contribution in [3.05, 3.63) is 23.8 Å². The van der Waals surface area contributed by atoms with Gasteiger partial charge in [0.2, 0.25) is 0 Å². The van der Waals surface area contributed by atoms with Crippen molar-refractivity contribution in [3.63, 3.8) is 0 Å². The lowest BCUT2D eigenvalue weighted by Gasteiger charge is -2.35. The highest BCUT2D eigenvalue weighted by atomic mass is 16.6. The Morgan fingerprint density at radius 2 is 1.90 bits per heavy atom. The number of ether oxygens (including phenoxy) is 2. The summed E-state index contributed by atoms with van der Waals surface area (Å²) in [4.78, 5) is 11.0. The molecule has 0 aromatic rings. The van der Waals surface area contributed by atoms with Crippen molar-refractivity contribution in [1.29, 1.82) is 0 Å². The minimum absolute atomic E-state index is 0.0421. The fourth-order valence-electron chi connectivity index (χ4n) is 4.81. The Labute approximate surface area is 181 Å². The van der Waals surface area contributed by atoms with E-state index in [0.29, 0.717) is 11.8 Å². The van der Waals surface area contributed by atoms with Crippen molar-refractivity contribution in [2.45, 2.75) is 103 Å². The fraction of sp³-hybridized carbons (Fsp3) is 0.792. The molecule has 6 heteroatoms. The highest BCUT2D eigenvalue weighted by molar-refractivity contribution is 5.67. The van der Waals surface area contributed by atoms with Gasteiger partial charge in [0.25, 0.3) is 0 Å². The third-order valence-corrected chi connectivity index (χ3v) is 6.63. The summed E-state index contributed by atoms with van der Waals surface area (Å²) < 4.78 is 12.0. The average Bonchev–Trinajstić information content (AvgIpc) is 3.31. The Hall–Kier alpha value is -1.21. The molecule has 2 fully saturated rings. The molecular weight excluding hydrogens is 384 g/mol. The quantitative estimate of drug-likeness (QED) is 0.365. The second kappa shape index (κ2) is 10.4. The number of aliphatic carboxylic acids is 1. The normalized spacial score (nSPS) is 36.3. The number of rotatable bonds is 10. The van der Waals surface area contributed by atoms with Crippen LogP contribution >= 0.6 is 0 Å². The molecule has 172 valence electrons. The van der Waals surface area contributed by atoms with Crippen LogP contribution < -0.4 is 0 Å². The van der Waals surface area contributed by atoms with Crippen LogP contribution in [0.1, 0.15) is 67.2 Å². The number of carbonyl (C=O) groups is 1. The van der Waals surface area contributed by atoms with Gasteiger partial charge in [-0.25, -0.2) is 0 Å². The van der Waals surface area contributed by atoms with Crippen LogP contribution in [0.15, 0.2) is 23.8 Å². The van der Waals surface area contributed by atoms with Crippen molar-refractivity contribution in [1.82, 2.24) is 0 Å². The summed E-state index contributed by atoms with van der Waals surface area (Å²) >= 11 is 0. The van der Waals surface area contributed by atoms with Crippen molar-refractivity contribution >= 4 is 5.97 Å². The lowest BCUT2D eigenvalue weighted by Crippen LogP contribution is -2.35. The third-order valence-electron chi connectivity index (χ3n) is 6.63. The lowest BCUT2D eigenvalue weighted by atomic mass is 9.86. The van der Waals surface area contributed by atoms with E-state index in [4.69, 9.17) is 14.6 Å². The van der Waals surface area contributed by atoms with Gasteiger partial charge in [0.1, 0.15) is 0 Å².